The minimum Gasteiger partial charge on any atom is -0.476 e. The molecule has 4 aromatic rings. The lowest BCUT2D eigenvalue weighted by molar-refractivity contribution is 0.0691. The minimum atomic E-state index is -1.14. The van der Waals surface area contributed by atoms with Crippen molar-refractivity contribution in [3.8, 4) is 0 Å². The van der Waals surface area contributed by atoms with Gasteiger partial charge in [0.2, 0.25) is 0 Å². The van der Waals surface area contributed by atoms with Crippen molar-refractivity contribution in [2.75, 3.05) is 5.32 Å². The van der Waals surface area contributed by atoms with Gasteiger partial charge in [-0.05, 0) is 53.5 Å². The Hall–Kier alpha value is -2.71. The third-order valence-electron chi connectivity index (χ3n) is 4.94. The number of nitrogens with one attached hydrogen (secondary N) is 1. The third kappa shape index (κ3) is 3.61. The summed E-state index contributed by atoms with van der Waals surface area (Å²) in [5, 5.41) is 13.8. The van der Waals surface area contributed by atoms with Gasteiger partial charge in [0.25, 0.3) is 0 Å². The Bertz CT molecular complexity index is 1300. The van der Waals surface area contributed by atoms with E-state index in [0.717, 1.165) is 44.5 Å². The van der Waals surface area contributed by atoms with Crippen LogP contribution in [0.25, 0.3) is 16.6 Å². The molecule has 0 aliphatic rings. The zero-order chi connectivity index (χ0) is 21.6. The predicted octanol–water partition coefficient (Wildman–Crippen LogP) is 5.44. The van der Waals surface area contributed by atoms with Crippen LogP contribution in [-0.4, -0.2) is 30.4 Å². The van der Waals surface area contributed by atoms with Gasteiger partial charge in [-0.3, -0.25) is 4.40 Å². The Morgan fingerprint density at radius 1 is 1.30 bits per heavy atom. The molecule has 3 heterocycles. The van der Waals surface area contributed by atoms with Gasteiger partial charge in [0.05, 0.1) is 17.2 Å². The summed E-state index contributed by atoms with van der Waals surface area (Å²) in [5.74, 6) is -0.246. The molecule has 1 aromatic carbocycles. The number of hydrogen-bond donors (Lipinski definition) is 2. The monoisotopic (exact) mass is 487 g/mol. The molecule has 0 bridgehead atoms. The van der Waals surface area contributed by atoms with E-state index in [1.807, 2.05) is 24.4 Å². The molecule has 0 amide bonds. The number of aromatic nitrogens is 4. The molecular formula is C21H19BrClN5O2. The minimum absolute atomic E-state index is 0.118. The third-order valence-corrected chi connectivity index (χ3v) is 5.53. The standard InChI is InChI=1S/C21H19BrClN5O2/c1-4-17-27-18-12(7-10(2)8-13(18)20-25-15(22)9-28(17)20)11(3)24-14-5-6-16(23)26-19(14)21(29)30/h5-9,11,24H,4H2,1-3H3,(H,29,30). The largest absolute Gasteiger partial charge is 0.476 e. The average molecular weight is 489 g/mol. The van der Waals surface area contributed by atoms with E-state index in [4.69, 9.17) is 16.6 Å². The highest BCUT2D eigenvalue weighted by molar-refractivity contribution is 9.10. The second-order valence-electron chi connectivity index (χ2n) is 7.09. The first-order chi connectivity index (χ1) is 14.3. The number of pyridine rings is 1. The first-order valence-corrected chi connectivity index (χ1v) is 10.6. The van der Waals surface area contributed by atoms with Crippen LogP contribution in [0.2, 0.25) is 5.15 Å². The number of carboxylic acid groups (broad SMARTS) is 1. The molecule has 0 saturated carbocycles. The molecule has 0 radical (unpaired) electrons. The van der Waals surface area contributed by atoms with Crippen LogP contribution in [0.4, 0.5) is 5.69 Å². The van der Waals surface area contributed by atoms with E-state index in [1.165, 1.54) is 0 Å². The van der Waals surface area contributed by atoms with Crippen molar-refractivity contribution in [3.63, 3.8) is 0 Å². The van der Waals surface area contributed by atoms with E-state index in [2.05, 4.69) is 50.3 Å². The average Bonchev–Trinajstić information content (AvgIpc) is 3.09. The number of imidazole rings is 1. The SMILES string of the molecule is CCc1nc2c(C(C)Nc3ccc(Cl)nc3C(=O)O)cc(C)cc2c2nc(Br)cn12. The summed E-state index contributed by atoms with van der Waals surface area (Å²) in [7, 11) is 0. The first kappa shape index (κ1) is 20.6. The van der Waals surface area contributed by atoms with Crippen LogP contribution < -0.4 is 5.32 Å². The number of carboxylic acids is 1. The fourth-order valence-electron chi connectivity index (χ4n) is 3.63. The predicted molar refractivity (Wildman–Crippen MR) is 121 cm³/mol. The van der Waals surface area contributed by atoms with Crippen molar-refractivity contribution in [1.82, 2.24) is 19.4 Å². The number of anilines is 1. The summed E-state index contributed by atoms with van der Waals surface area (Å²) in [6.07, 6.45) is 2.66. The lowest BCUT2D eigenvalue weighted by Crippen LogP contribution is -2.13. The number of benzene rings is 1. The number of carbonyl (C=O) groups is 1. The summed E-state index contributed by atoms with van der Waals surface area (Å²) < 4.78 is 2.75. The van der Waals surface area contributed by atoms with Crippen LogP contribution in [0.15, 0.2) is 35.1 Å². The van der Waals surface area contributed by atoms with Crippen molar-refractivity contribution in [1.29, 1.82) is 0 Å². The molecule has 9 heteroatoms. The highest BCUT2D eigenvalue weighted by atomic mass is 79.9. The molecule has 0 aliphatic carbocycles. The van der Waals surface area contributed by atoms with Crippen molar-refractivity contribution < 1.29 is 9.90 Å². The molecular weight excluding hydrogens is 470 g/mol. The van der Waals surface area contributed by atoms with Crippen LogP contribution >= 0.6 is 27.5 Å². The fraction of sp³-hybridized carbons (Fsp3) is 0.238. The van der Waals surface area contributed by atoms with E-state index in [-0.39, 0.29) is 16.9 Å². The molecule has 1 atom stereocenters. The second-order valence-corrected chi connectivity index (χ2v) is 8.29. The van der Waals surface area contributed by atoms with Crippen molar-refractivity contribution in [3.05, 3.63) is 62.9 Å². The number of hydrogen-bond acceptors (Lipinski definition) is 5. The topological polar surface area (TPSA) is 92.4 Å². The van der Waals surface area contributed by atoms with E-state index in [0.29, 0.717) is 5.69 Å². The van der Waals surface area contributed by atoms with E-state index in [9.17, 15) is 9.90 Å². The number of fused-ring (bicyclic) bond motifs is 3. The van der Waals surface area contributed by atoms with Gasteiger partial charge in [0.15, 0.2) is 5.69 Å². The second kappa shape index (κ2) is 7.85. The van der Waals surface area contributed by atoms with Crippen molar-refractivity contribution in [2.24, 2.45) is 0 Å². The summed E-state index contributed by atoms with van der Waals surface area (Å²) in [5.41, 5.74) is 3.96. The maximum atomic E-state index is 11.6. The number of rotatable bonds is 5. The summed E-state index contributed by atoms with van der Waals surface area (Å²) >= 11 is 9.34. The zero-order valence-corrected chi connectivity index (χ0v) is 18.9. The Balaban J connectivity index is 1.88. The van der Waals surface area contributed by atoms with Crippen LogP contribution in [-0.2, 0) is 6.42 Å². The number of halogens is 2. The summed E-state index contributed by atoms with van der Waals surface area (Å²) in [4.78, 5) is 25.1. The van der Waals surface area contributed by atoms with Crippen molar-refractivity contribution >= 4 is 55.7 Å². The Morgan fingerprint density at radius 2 is 2.07 bits per heavy atom. The van der Waals surface area contributed by atoms with Crippen molar-refractivity contribution in [2.45, 2.75) is 33.2 Å². The molecule has 1 unspecified atom stereocenters. The summed E-state index contributed by atoms with van der Waals surface area (Å²) in [6, 6.07) is 7.09. The lowest BCUT2D eigenvalue weighted by atomic mass is 10.0. The maximum absolute atomic E-state index is 11.6. The van der Waals surface area contributed by atoms with E-state index >= 15 is 0 Å². The van der Waals surface area contributed by atoms with E-state index in [1.54, 1.807) is 12.1 Å². The number of aromatic carboxylic acids is 1. The van der Waals surface area contributed by atoms with E-state index < -0.39 is 5.97 Å². The first-order valence-electron chi connectivity index (χ1n) is 9.42. The summed E-state index contributed by atoms with van der Waals surface area (Å²) in [6.45, 7) is 6.04. The maximum Gasteiger partial charge on any atom is 0.356 e. The van der Waals surface area contributed by atoms with Crippen LogP contribution in [0, 0.1) is 6.92 Å². The van der Waals surface area contributed by atoms with Crippen LogP contribution in [0.3, 0.4) is 0 Å². The highest BCUT2D eigenvalue weighted by Crippen LogP contribution is 2.31. The normalized spacial score (nSPS) is 12.4. The molecule has 30 heavy (non-hydrogen) atoms. The molecule has 4 rings (SSSR count). The fourth-order valence-corrected chi connectivity index (χ4v) is 4.15. The molecule has 3 aromatic heterocycles. The molecule has 2 N–H and O–H groups in total. The molecule has 0 spiro atoms. The smallest absolute Gasteiger partial charge is 0.356 e. The van der Waals surface area contributed by atoms with Crippen LogP contribution in [0.1, 0.15) is 47.3 Å². The molecule has 0 aliphatic heterocycles. The van der Waals surface area contributed by atoms with Gasteiger partial charge in [0.1, 0.15) is 21.2 Å². The Morgan fingerprint density at radius 3 is 2.77 bits per heavy atom. The van der Waals surface area contributed by atoms with Gasteiger partial charge in [-0.1, -0.05) is 24.6 Å². The van der Waals surface area contributed by atoms with Crippen LogP contribution in [0.5, 0.6) is 0 Å². The quantitative estimate of drug-likeness (QED) is 0.364. The highest BCUT2D eigenvalue weighted by Gasteiger charge is 2.20. The number of aryl methyl sites for hydroxylation is 2. The molecule has 0 saturated heterocycles. The van der Waals surface area contributed by atoms with Gasteiger partial charge in [-0.25, -0.2) is 19.7 Å². The van der Waals surface area contributed by atoms with Gasteiger partial charge in [-0.2, -0.15) is 0 Å². The molecule has 154 valence electrons. The lowest BCUT2D eigenvalue weighted by Gasteiger charge is -2.20. The Labute approximate surface area is 186 Å². The molecule has 7 nitrogen and oxygen atoms in total. The van der Waals surface area contributed by atoms with Gasteiger partial charge in [0, 0.05) is 23.6 Å². The number of nitrogens with zero attached hydrogens (tertiary/aromatic N) is 4. The van der Waals surface area contributed by atoms with Gasteiger partial charge < -0.3 is 10.4 Å². The molecule has 0 fully saturated rings. The Kier molecular flexibility index (Phi) is 5.38. The zero-order valence-electron chi connectivity index (χ0n) is 16.6. The van der Waals surface area contributed by atoms with Gasteiger partial charge in [-0.15, -0.1) is 0 Å². The van der Waals surface area contributed by atoms with Gasteiger partial charge >= 0.3 is 5.97 Å².